The van der Waals surface area contributed by atoms with Gasteiger partial charge >= 0.3 is 68.5 Å². The second-order valence-corrected chi connectivity index (χ2v) is 1.50. The van der Waals surface area contributed by atoms with Gasteiger partial charge in [-0.2, -0.15) is 0 Å². The van der Waals surface area contributed by atoms with Crippen LogP contribution in [0.1, 0.15) is 0 Å². The van der Waals surface area contributed by atoms with Gasteiger partial charge in [0.2, 0.25) is 0 Å². The van der Waals surface area contributed by atoms with Gasteiger partial charge in [-0.25, -0.2) is 0 Å². The summed E-state index contributed by atoms with van der Waals surface area (Å²) in [6.45, 7) is 0. The fourth-order valence-corrected chi connectivity index (χ4v) is 0. The van der Waals surface area contributed by atoms with Gasteiger partial charge in [0.25, 0.3) is 0 Å². The monoisotopic (exact) mass is 247 g/mol. The summed E-state index contributed by atoms with van der Waals surface area (Å²) in [5.74, 6) is 0. The molecule has 0 heterocycles. The molecular weight excluding hydrogens is 247 g/mol. The zero-order valence-electron chi connectivity index (χ0n) is 4.80. The van der Waals surface area contributed by atoms with E-state index >= 15 is 0 Å². The number of rotatable bonds is 0. The Labute approximate surface area is 113 Å². The van der Waals surface area contributed by atoms with E-state index in [0.29, 0.717) is 0 Å². The average Bonchev–Trinajstić information content (AvgIpc) is 1.25. The third-order valence-electron chi connectivity index (χ3n) is 0. The van der Waals surface area contributed by atoms with Crippen LogP contribution in [0.15, 0.2) is 0 Å². The smallest absolute Gasteiger partial charge is 0.672 e. The van der Waals surface area contributed by atoms with Crippen molar-refractivity contribution < 1.29 is 96.6 Å². The first-order chi connectivity index (χ1) is 3.46. The van der Waals surface area contributed by atoms with Gasteiger partial charge in [0.05, 0.1) is 0 Å². The normalized spacial score (nSPS) is 4.80. The van der Waals surface area contributed by atoms with E-state index in [1.807, 2.05) is 0 Å². The zero-order chi connectivity index (χ0) is 7.15. The van der Waals surface area contributed by atoms with Crippen LogP contribution in [-0.4, -0.2) is 18.3 Å². The van der Waals surface area contributed by atoms with Crippen molar-refractivity contribution in [3.63, 3.8) is 0 Å². The second kappa shape index (κ2) is 16.8. The summed E-state index contributed by atoms with van der Waals surface area (Å²) in [4.78, 5) is 34.1. The topological polar surface area (TPSA) is 126 Å². The van der Waals surface area contributed by atoms with Gasteiger partial charge in [0.15, 0.2) is 0 Å². The van der Waals surface area contributed by atoms with Gasteiger partial charge in [-0.3, -0.25) is 0 Å². The van der Waals surface area contributed by atoms with Gasteiger partial charge in [-0.15, -0.1) is 0 Å². The Balaban J connectivity index is -0.0000000300. The van der Waals surface area contributed by atoms with E-state index in [1.54, 1.807) is 0 Å². The first kappa shape index (κ1) is 22.5. The minimum absolute atomic E-state index is 0. The van der Waals surface area contributed by atoms with Gasteiger partial charge in [0, 0.05) is 18.3 Å². The van der Waals surface area contributed by atoms with Crippen molar-refractivity contribution in [1.29, 1.82) is 0 Å². The molecular formula is FeKO6Si2. The summed E-state index contributed by atoms with van der Waals surface area (Å²) in [5.41, 5.74) is 0. The Morgan fingerprint density at radius 3 is 0.800 bits per heavy atom. The van der Waals surface area contributed by atoms with Crippen LogP contribution < -0.4 is 70.6 Å². The summed E-state index contributed by atoms with van der Waals surface area (Å²) < 4.78 is 17.0. The van der Waals surface area contributed by atoms with Crippen molar-refractivity contribution in [3.05, 3.63) is 0 Å². The Hall–Kier alpha value is 1.39. The Bertz CT molecular complexity index is 73.7. The summed E-state index contributed by atoms with van der Waals surface area (Å²) in [6, 6.07) is 0. The molecule has 0 unspecified atom stereocenters. The molecule has 6 nitrogen and oxygen atoms in total. The molecule has 0 saturated heterocycles. The minimum Gasteiger partial charge on any atom is -0.672 e. The first-order valence-electron chi connectivity index (χ1n) is 1.22. The zero-order valence-corrected chi connectivity index (χ0v) is 11.0. The van der Waals surface area contributed by atoms with E-state index in [1.165, 1.54) is 0 Å². The fourth-order valence-electron chi connectivity index (χ4n) is 0. The molecule has 1 radical (unpaired) electrons. The summed E-state index contributed by atoms with van der Waals surface area (Å²) >= 11 is 0. The van der Waals surface area contributed by atoms with Gasteiger partial charge in [-0.05, 0) is 0 Å². The van der Waals surface area contributed by atoms with Crippen molar-refractivity contribution in [2.75, 3.05) is 0 Å². The van der Waals surface area contributed by atoms with Crippen LogP contribution in [0, 0.1) is 0 Å². The van der Waals surface area contributed by atoms with Crippen LogP contribution in [-0.2, 0) is 26.0 Å². The first-order valence-corrected chi connectivity index (χ1v) is 3.67. The van der Waals surface area contributed by atoms with E-state index in [-0.39, 0.29) is 68.5 Å². The van der Waals surface area contributed by atoms with Gasteiger partial charge < -0.3 is 28.1 Å². The molecule has 0 aliphatic heterocycles. The fraction of sp³-hybridized carbons (Fsp3) is 0. The third-order valence-corrected chi connectivity index (χ3v) is 0. The van der Waals surface area contributed by atoms with Crippen LogP contribution in [0.5, 0.6) is 0 Å². The second-order valence-electron chi connectivity index (χ2n) is 0.500. The van der Waals surface area contributed by atoms with Crippen molar-refractivity contribution in [2.24, 2.45) is 0 Å². The molecule has 10 heteroatoms. The molecule has 0 aromatic heterocycles. The van der Waals surface area contributed by atoms with Gasteiger partial charge in [0.1, 0.15) is 0 Å². The van der Waals surface area contributed by atoms with Crippen molar-refractivity contribution in [2.45, 2.75) is 0 Å². The van der Waals surface area contributed by atoms with Crippen LogP contribution in [0.4, 0.5) is 0 Å². The van der Waals surface area contributed by atoms with Gasteiger partial charge in [-0.1, -0.05) is 0 Å². The molecule has 0 aromatic carbocycles. The third kappa shape index (κ3) is 342. The van der Waals surface area contributed by atoms with E-state index in [2.05, 4.69) is 0 Å². The molecule has 0 bridgehead atoms. The van der Waals surface area contributed by atoms with Crippen LogP contribution in [0.2, 0.25) is 0 Å². The summed E-state index contributed by atoms with van der Waals surface area (Å²) in [5, 5.41) is 0. The average molecular weight is 247 g/mol. The van der Waals surface area contributed by atoms with E-state index in [0.717, 1.165) is 0 Å². The molecule has 0 fully saturated rings. The van der Waals surface area contributed by atoms with Crippen molar-refractivity contribution in [1.82, 2.24) is 0 Å². The Kier molecular flexibility index (Phi) is 37.8. The predicted octanol–water partition coefficient (Wildman–Crippen LogP) is -8.75. The molecule has 0 saturated carbocycles. The number of hydrogen-bond donors (Lipinski definition) is 0. The quantitative estimate of drug-likeness (QED) is 0.391. The molecule has 0 amide bonds. The summed E-state index contributed by atoms with van der Waals surface area (Å²) in [7, 11) is -7.26. The minimum atomic E-state index is -3.63. The maximum atomic E-state index is 8.52. The van der Waals surface area contributed by atoms with Crippen molar-refractivity contribution in [3.8, 4) is 0 Å². The van der Waals surface area contributed by atoms with Crippen LogP contribution in [0.3, 0.4) is 0 Å². The standard InChI is InChI=1S/Fe.K.2O3Si/c;;2*1-4(2)3/q+3;+1;2*-2. The largest absolute Gasteiger partial charge is 3.00 e. The summed E-state index contributed by atoms with van der Waals surface area (Å²) in [6.07, 6.45) is 0. The molecule has 0 aliphatic rings. The van der Waals surface area contributed by atoms with Crippen LogP contribution in [0.25, 0.3) is 0 Å². The predicted molar refractivity (Wildman–Crippen MR) is 12.9 cm³/mol. The maximum absolute atomic E-state index is 8.52. The van der Waals surface area contributed by atoms with E-state index in [9.17, 15) is 0 Å². The van der Waals surface area contributed by atoms with E-state index in [4.69, 9.17) is 28.1 Å². The molecule has 0 aromatic rings. The Morgan fingerprint density at radius 2 is 0.800 bits per heavy atom. The van der Waals surface area contributed by atoms with Crippen molar-refractivity contribution >= 4 is 18.3 Å². The molecule has 0 spiro atoms. The molecule has 0 atom stereocenters. The molecule has 10 heavy (non-hydrogen) atoms. The number of hydrogen-bond acceptors (Lipinski definition) is 6. The Morgan fingerprint density at radius 1 is 0.800 bits per heavy atom. The molecule has 0 aliphatic carbocycles. The molecule has 0 rings (SSSR count). The molecule has 0 N–H and O–H groups in total. The van der Waals surface area contributed by atoms with Crippen LogP contribution >= 0.6 is 0 Å². The van der Waals surface area contributed by atoms with E-state index < -0.39 is 18.3 Å². The SMILES string of the molecule is O=[Si]([O-])[O-].O=[Si]([O-])[O-].[Fe+3].[K+]. The molecule has 53 valence electrons. The maximum Gasteiger partial charge on any atom is 3.00 e.